The number of nitrogens with one attached hydrogen (secondary N) is 2. The lowest BCUT2D eigenvalue weighted by molar-refractivity contribution is -0.137. The SMILES string of the molecule is C#CCOCCCc1cccc2c1C(=O)N(C1CCC(=O)NC1=O)C2=O.C#CCOCCN.O=C1CCC(N2C(=O)c3cccc(F)c3C2=O)C(=O)N1. The number of hydrogen-bond donors (Lipinski definition) is 3. The molecule has 276 valence electrons. The van der Waals surface area contributed by atoms with E-state index in [1.54, 1.807) is 18.2 Å². The van der Waals surface area contributed by atoms with E-state index in [0.717, 1.165) is 21.4 Å². The van der Waals surface area contributed by atoms with E-state index in [0.29, 0.717) is 50.3 Å². The predicted octanol–water partition coefficient (Wildman–Crippen LogP) is 0.492. The zero-order valence-corrected chi connectivity index (χ0v) is 28.5. The van der Waals surface area contributed by atoms with Crippen LogP contribution in [0.3, 0.4) is 0 Å². The van der Waals surface area contributed by atoms with Crippen molar-refractivity contribution in [2.75, 3.05) is 33.0 Å². The lowest BCUT2D eigenvalue weighted by Gasteiger charge is -2.27. The summed E-state index contributed by atoms with van der Waals surface area (Å²) in [5.41, 5.74) is 6.06. The fourth-order valence-electron chi connectivity index (χ4n) is 5.98. The van der Waals surface area contributed by atoms with E-state index in [1.807, 2.05) is 0 Å². The smallest absolute Gasteiger partial charge is 0.265 e. The summed E-state index contributed by atoms with van der Waals surface area (Å²) in [5, 5.41) is 4.26. The number of piperidine rings is 2. The van der Waals surface area contributed by atoms with Gasteiger partial charge in [-0.15, -0.1) is 12.8 Å². The summed E-state index contributed by atoms with van der Waals surface area (Å²) in [6.45, 7) is 2.16. The summed E-state index contributed by atoms with van der Waals surface area (Å²) in [4.78, 5) is 97.8. The van der Waals surface area contributed by atoms with Crippen molar-refractivity contribution in [1.82, 2.24) is 20.4 Å². The number of halogens is 1. The molecule has 4 aliphatic heterocycles. The van der Waals surface area contributed by atoms with Crippen LogP contribution in [0.1, 0.15) is 79.1 Å². The molecule has 2 aromatic rings. The minimum atomic E-state index is -1.07. The third kappa shape index (κ3) is 9.06. The molecule has 2 saturated heterocycles. The first-order valence-electron chi connectivity index (χ1n) is 16.5. The molecule has 0 radical (unpaired) electrons. The van der Waals surface area contributed by atoms with Gasteiger partial charge in [0, 0.05) is 26.0 Å². The molecule has 4 N–H and O–H groups in total. The molecular formula is C37H36FN5O10. The monoisotopic (exact) mass is 729 g/mol. The minimum absolute atomic E-state index is 0.0340. The summed E-state index contributed by atoms with van der Waals surface area (Å²) in [5.74, 6) is -0.783. The molecule has 15 nitrogen and oxygen atoms in total. The Labute approximate surface area is 303 Å². The first-order chi connectivity index (χ1) is 25.5. The third-order valence-electron chi connectivity index (χ3n) is 8.34. The Balaban J connectivity index is 0.000000205. The number of aryl methyl sites for hydroxylation is 1. The number of fused-ring (bicyclic) bond motifs is 2. The summed E-state index contributed by atoms with van der Waals surface area (Å²) in [6.07, 6.45) is 11.5. The quantitative estimate of drug-likeness (QED) is 0.174. The number of ether oxygens (including phenoxy) is 2. The summed E-state index contributed by atoms with van der Waals surface area (Å²) >= 11 is 0. The van der Waals surface area contributed by atoms with Gasteiger partial charge >= 0.3 is 0 Å². The number of nitrogens with zero attached hydrogens (tertiary/aromatic N) is 2. The Hall–Kier alpha value is -6.07. The second kappa shape index (κ2) is 18.4. The van der Waals surface area contributed by atoms with Gasteiger partial charge in [0.15, 0.2) is 0 Å². The molecule has 53 heavy (non-hydrogen) atoms. The van der Waals surface area contributed by atoms with Gasteiger partial charge in [-0.05, 0) is 49.4 Å². The Kier molecular flexibility index (Phi) is 13.8. The summed E-state index contributed by atoms with van der Waals surface area (Å²) in [6, 6.07) is 6.82. The molecule has 0 aliphatic carbocycles. The van der Waals surface area contributed by atoms with Crippen LogP contribution in [0.5, 0.6) is 0 Å². The maximum absolute atomic E-state index is 13.7. The van der Waals surface area contributed by atoms with Gasteiger partial charge in [-0.2, -0.15) is 0 Å². The van der Waals surface area contributed by atoms with Crippen molar-refractivity contribution >= 4 is 47.3 Å². The summed E-state index contributed by atoms with van der Waals surface area (Å²) < 4.78 is 23.7. The highest BCUT2D eigenvalue weighted by atomic mass is 19.1. The van der Waals surface area contributed by atoms with E-state index >= 15 is 0 Å². The fraction of sp³-hybridized carbons (Fsp3) is 0.351. The Morgan fingerprint density at radius 2 is 1.21 bits per heavy atom. The molecule has 4 aliphatic rings. The van der Waals surface area contributed by atoms with E-state index in [4.69, 9.17) is 28.1 Å². The van der Waals surface area contributed by atoms with Crippen LogP contribution in [-0.2, 0) is 35.1 Å². The number of carbonyl (C=O) groups excluding carboxylic acids is 8. The van der Waals surface area contributed by atoms with Crippen LogP contribution in [-0.4, -0.2) is 102 Å². The number of amides is 8. The van der Waals surface area contributed by atoms with Crippen LogP contribution in [0.25, 0.3) is 0 Å². The first-order valence-corrected chi connectivity index (χ1v) is 16.5. The van der Waals surface area contributed by atoms with Crippen LogP contribution in [0, 0.1) is 30.5 Å². The molecule has 2 unspecified atom stereocenters. The number of hydrogen-bond acceptors (Lipinski definition) is 11. The van der Waals surface area contributed by atoms with Crippen LogP contribution in [0.2, 0.25) is 0 Å². The van der Waals surface area contributed by atoms with Crippen LogP contribution >= 0.6 is 0 Å². The molecule has 6 rings (SSSR count). The molecule has 0 saturated carbocycles. The highest BCUT2D eigenvalue weighted by molar-refractivity contribution is 6.24. The molecule has 16 heteroatoms. The predicted molar refractivity (Wildman–Crippen MR) is 183 cm³/mol. The van der Waals surface area contributed by atoms with Crippen molar-refractivity contribution in [2.45, 2.75) is 50.6 Å². The second-order valence-corrected chi connectivity index (χ2v) is 11.8. The highest BCUT2D eigenvalue weighted by Crippen LogP contribution is 2.31. The van der Waals surface area contributed by atoms with Crippen molar-refractivity contribution in [2.24, 2.45) is 5.73 Å². The number of terminal acetylenes is 2. The third-order valence-corrected chi connectivity index (χ3v) is 8.34. The number of nitrogens with two attached hydrogens (primary N) is 1. The molecule has 4 heterocycles. The van der Waals surface area contributed by atoms with Gasteiger partial charge in [0.1, 0.15) is 31.1 Å². The standard InChI is InChI=1S/C19H18N2O5.C13H9FN2O4.C5H9NO/c1-2-10-26-11-4-6-12-5-3-7-13-16(12)19(25)21(18(13)24)14-8-9-15(22)20-17(14)23;14-7-3-1-2-6-10(7)13(20)16(12(6)19)8-4-5-9(17)15-11(8)18;1-2-4-7-5-3-6/h1,3,5,7,14H,4,6,8-11H2,(H,20,22,23);1-3,8H,4-5H2,(H,15,17,18);1H,3-6H2. The Morgan fingerprint density at radius 3 is 1.70 bits per heavy atom. The molecule has 2 aromatic carbocycles. The second-order valence-electron chi connectivity index (χ2n) is 11.8. The fourth-order valence-corrected chi connectivity index (χ4v) is 5.98. The Morgan fingerprint density at radius 1 is 0.717 bits per heavy atom. The van der Waals surface area contributed by atoms with Crippen molar-refractivity contribution in [3.63, 3.8) is 0 Å². The first kappa shape index (κ1) is 39.7. The maximum Gasteiger partial charge on any atom is 0.265 e. The molecule has 0 aromatic heterocycles. The van der Waals surface area contributed by atoms with E-state index in [-0.39, 0.29) is 43.4 Å². The average molecular weight is 730 g/mol. The average Bonchev–Trinajstić information content (AvgIpc) is 3.54. The van der Waals surface area contributed by atoms with E-state index in [9.17, 15) is 42.7 Å². The van der Waals surface area contributed by atoms with E-state index in [1.165, 1.54) is 12.1 Å². The van der Waals surface area contributed by atoms with Crippen molar-refractivity contribution in [1.29, 1.82) is 0 Å². The number of rotatable bonds is 10. The molecule has 0 bridgehead atoms. The largest absolute Gasteiger partial charge is 0.369 e. The normalized spacial score (nSPS) is 18.9. The number of imide groups is 4. The lowest BCUT2D eigenvalue weighted by Crippen LogP contribution is -2.54. The van der Waals surface area contributed by atoms with Gasteiger partial charge in [-0.3, -0.25) is 58.8 Å². The van der Waals surface area contributed by atoms with Gasteiger partial charge in [-0.1, -0.05) is 30.0 Å². The molecule has 0 spiro atoms. The topological polar surface area (TPSA) is 212 Å². The van der Waals surface area contributed by atoms with Gasteiger partial charge in [0.25, 0.3) is 23.6 Å². The molecule has 2 atom stereocenters. The zero-order chi connectivity index (χ0) is 38.7. The molecule has 8 amide bonds. The van der Waals surface area contributed by atoms with Gasteiger partial charge in [0.05, 0.1) is 28.9 Å². The van der Waals surface area contributed by atoms with Crippen molar-refractivity contribution in [3.05, 3.63) is 70.0 Å². The Bertz CT molecular complexity index is 1920. The van der Waals surface area contributed by atoms with Crippen LogP contribution < -0.4 is 16.4 Å². The van der Waals surface area contributed by atoms with Crippen molar-refractivity contribution < 1.29 is 52.2 Å². The number of carbonyl (C=O) groups is 8. The lowest BCUT2D eigenvalue weighted by atomic mass is 9.99. The van der Waals surface area contributed by atoms with Gasteiger partial charge in [0.2, 0.25) is 23.6 Å². The van der Waals surface area contributed by atoms with E-state index < -0.39 is 65.2 Å². The van der Waals surface area contributed by atoms with Crippen LogP contribution in [0.15, 0.2) is 36.4 Å². The van der Waals surface area contributed by atoms with Gasteiger partial charge in [-0.25, -0.2) is 4.39 Å². The maximum atomic E-state index is 13.7. The van der Waals surface area contributed by atoms with E-state index in [2.05, 4.69) is 22.5 Å². The minimum Gasteiger partial charge on any atom is -0.369 e. The number of benzene rings is 2. The van der Waals surface area contributed by atoms with Gasteiger partial charge < -0.3 is 15.2 Å². The molecule has 2 fully saturated rings. The highest BCUT2D eigenvalue weighted by Gasteiger charge is 2.47. The van der Waals surface area contributed by atoms with Crippen LogP contribution in [0.4, 0.5) is 4.39 Å². The molecular weight excluding hydrogens is 693 g/mol. The zero-order valence-electron chi connectivity index (χ0n) is 28.5. The summed E-state index contributed by atoms with van der Waals surface area (Å²) in [7, 11) is 0. The van der Waals surface area contributed by atoms with Crippen molar-refractivity contribution in [3.8, 4) is 24.7 Å².